The van der Waals surface area contributed by atoms with Gasteiger partial charge in [0.2, 0.25) is 11.7 Å². The maximum Gasteiger partial charge on any atom is 0.237 e. The number of aryl methyl sites for hydroxylation is 1. The molecule has 3 rings (SSSR count). The van der Waals surface area contributed by atoms with E-state index in [-0.39, 0.29) is 11.7 Å². The number of rotatable bonds is 5. The molecule has 3 aromatic rings. The molecule has 0 aliphatic rings. The number of nitrogens with two attached hydrogens (primary N) is 1. The standard InChI is InChI=1S/C13H15N5OS/c1-2-7-17-9-5-3-4-6-10(9)18-12(17)15-16-13(18)20-8-11(14)19/h3-6H,2,7-8H2,1H3,(H2,14,19). The van der Waals surface area contributed by atoms with E-state index in [1.54, 1.807) is 0 Å². The highest BCUT2D eigenvalue weighted by atomic mass is 32.2. The number of amides is 1. The van der Waals surface area contributed by atoms with Gasteiger partial charge in [0.1, 0.15) is 0 Å². The molecule has 1 aromatic carbocycles. The summed E-state index contributed by atoms with van der Waals surface area (Å²) in [5.74, 6) is 0.651. The first kappa shape index (κ1) is 13.0. The summed E-state index contributed by atoms with van der Waals surface area (Å²) < 4.78 is 4.13. The molecule has 0 aliphatic heterocycles. The van der Waals surface area contributed by atoms with Crippen molar-refractivity contribution in [3.63, 3.8) is 0 Å². The number of nitrogens with zero attached hydrogens (tertiary/aromatic N) is 4. The summed E-state index contributed by atoms with van der Waals surface area (Å²) in [6.07, 6.45) is 1.02. The average molecular weight is 289 g/mol. The first-order valence-corrected chi connectivity index (χ1v) is 7.44. The summed E-state index contributed by atoms with van der Waals surface area (Å²) in [4.78, 5) is 10.9. The number of fused-ring (bicyclic) bond motifs is 3. The Morgan fingerprint density at radius 1 is 1.30 bits per heavy atom. The highest BCUT2D eigenvalue weighted by molar-refractivity contribution is 7.99. The molecular formula is C13H15N5OS. The Hall–Kier alpha value is -2.02. The van der Waals surface area contributed by atoms with Gasteiger partial charge < -0.3 is 10.3 Å². The van der Waals surface area contributed by atoms with Crippen LogP contribution in [0.25, 0.3) is 16.8 Å². The molecule has 20 heavy (non-hydrogen) atoms. The second-order valence-electron chi connectivity index (χ2n) is 4.51. The van der Waals surface area contributed by atoms with Crippen LogP contribution in [0.15, 0.2) is 29.4 Å². The molecule has 0 radical (unpaired) electrons. The molecule has 0 atom stereocenters. The van der Waals surface area contributed by atoms with E-state index in [4.69, 9.17) is 5.73 Å². The molecule has 0 unspecified atom stereocenters. The van der Waals surface area contributed by atoms with Gasteiger partial charge in [-0.1, -0.05) is 30.8 Å². The summed E-state index contributed by atoms with van der Waals surface area (Å²) >= 11 is 1.31. The second-order valence-corrected chi connectivity index (χ2v) is 5.46. The molecule has 0 spiro atoms. The lowest BCUT2D eigenvalue weighted by molar-refractivity contribution is -0.115. The second kappa shape index (κ2) is 5.16. The number of primary amides is 1. The van der Waals surface area contributed by atoms with Crippen LogP contribution in [0.5, 0.6) is 0 Å². The van der Waals surface area contributed by atoms with Gasteiger partial charge in [0.15, 0.2) is 5.16 Å². The Kier molecular flexibility index (Phi) is 3.35. The third-order valence-electron chi connectivity index (χ3n) is 3.06. The van der Waals surface area contributed by atoms with E-state index in [0.29, 0.717) is 5.16 Å². The first-order valence-electron chi connectivity index (χ1n) is 6.46. The third-order valence-corrected chi connectivity index (χ3v) is 4.01. The number of para-hydroxylation sites is 2. The number of carbonyl (C=O) groups excluding carboxylic acids is 1. The van der Waals surface area contributed by atoms with Crippen molar-refractivity contribution < 1.29 is 4.79 Å². The van der Waals surface area contributed by atoms with E-state index in [2.05, 4.69) is 27.8 Å². The number of carbonyl (C=O) groups is 1. The molecule has 2 N–H and O–H groups in total. The fourth-order valence-electron chi connectivity index (χ4n) is 2.31. The zero-order chi connectivity index (χ0) is 14.1. The van der Waals surface area contributed by atoms with Crippen LogP contribution < -0.4 is 5.73 Å². The minimum atomic E-state index is -0.357. The van der Waals surface area contributed by atoms with E-state index in [0.717, 1.165) is 29.8 Å². The monoisotopic (exact) mass is 289 g/mol. The van der Waals surface area contributed by atoms with Crippen LogP contribution in [0.4, 0.5) is 0 Å². The molecular weight excluding hydrogens is 274 g/mol. The number of aromatic nitrogens is 4. The first-order chi connectivity index (χ1) is 9.72. The molecule has 104 valence electrons. The average Bonchev–Trinajstić information content (AvgIpc) is 2.97. The summed E-state index contributed by atoms with van der Waals surface area (Å²) in [5, 5.41) is 9.12. The fourth-order valence-corrected chi connectivity index (χ4v) is 2.99. The van der Waals surface area contributed by atoms with Gasteiger partial charge in [-0.2, -0.15) is 0 Å². The normalized spacial score (nSPS) is 11.4. The molecule has 2 aromatic heterocycles. The van der Waals surface area contributed by atoms with E-state index in [1.165, 1.54) is 11.8 Å². The van der Waals surface area contributed by atoms with Crippen molar-refractivity contribution in [1.29, 1.82) is 0 Å². The van der Waals surface area contributed by atoms with E-state index in [1.807, 2.05) is 22.6 Å². The molecule has 0 aliphatic carbocycles. The lowest BCUT2D eigenvalue weighted by atomic mass is 10.3. The summed E-state index contributed by atoms with van der Waals surface area (Å²) in [5.41, 5.74) is 7.37. The van der Waals surface area contributed by atoms with Crippen LogP contribution in [0.1, 0.15) is 13.3 Å². The van der Waals surface area contributed by atoms with Crippen LogP contribution >= 0.6 is 11.8 Å². The zero-order valence-corrected chi connectivity index (χ0v) is 11.9. The van der Waals surface area contributed by atoms with Crippen LogP contribution in [0.2, 0.25) is 0 Å². The van der Waals surface area contributed by atoms with Crippen LogP contribution in [0, 0.1) is 0 Å². The van der Waals surface area contributed by atoms with Crippen molar-refractivity contribution in [3.05, 3.63) is 24.3 Å². The number of hydrogen-bond acceptors (Lipinski definition) is 4. The number of imidazole rings is 1. The summed E-state index contributed by atoms with van der Waals surface area (Å²) in [6.45, 7) is 3.01. The number of hydrogen-bond donors (Lipinski definition) is 1. The minimum Gasteiger partial charge on any atom is -0.369 e. The molecule has 2 heterocycles. The molecule has 7 heteroatoms. The SMILES string of the molecule is CCCn1c2ccccc2n2c(SCC(N)=O)nnc12. The van der Waals surface area contributed by atoms with Crippen molar-refractivity contribution in [2.45, 2.75) is 25.0 Å². The summed E-state index contributed by atoms with van der Waals surface area (Å²) in [6, 6.07) is 8.10. The van der Waals surface area contributed by atoms with Crippen molar-refractivity contribution in [2.24, 2.45) is 5.73 Å². The predicted octanol–water partition coefficient (Wildman–Crippen LogP) is 1.67. The van der Waals surface area contributed by atoms with Crippen molar-refractivity contribution in [3.8, 4) is 0 Å². The molecule has 1 amide bonds. The quantitative estimate of drug-likeness (QED) is 0.725. The Morgan fingerprint density at radius 3 is 2.75 bits per heavy atom. The van der Waals surface area contributed by atoms with Gasteiger partial charge in [-0.05, 0) is 18.6 Å². The predicted molar refractivity (Wildman–Crippen MR) is 78.7 cm³/mol. The van der Waals surface area contributed by atoms with E-state index < -0.39 is 0 Å². The van der Waals surface area contributed by atoms with Crippen LogP contribution in [0.3, 0.4) is 0 Å². The molecule has 0 bridgehead atoms. The third kappa shape index (κ3) is 2.03. The van der Waals surface area contributed by atoms with Gasteiger partial charge in [0.25, 0.3) is 0 Å². The maximum absolute atomic E-state index is 10.9. The Morgan fingerprint density at radius 2 is 2.05 bits per heavy atom. The number of thioether (sulfide) groups is 1. The molecule has 0 fully saturated rings. The van der Waals surface area contributed by atoms with Gasteiger partial charge in [-0.3, -0.25) is 9.20 Å². The van der Waals surface area contributed by atoms with Crippen molar-refractivity contribution in [2.75, 3.05) is 5.75 Å². The van der Waals surface area contributed by atoms with Gasteiger partial charge in [0.05, 0.1) is 16.8 Å². The highest BCUT2D eigenvalue weighted by Crippen LogP contribution is 2.25. The van der Waals surface area contributed by atoms with Gasteiger partial charge in [0, 0.05) is 6.54 Å². The number of benzene rings is 1. The van der Waals surface area contributed by atoms with Gasteiger partial charge in [-0.25, -0.2) is 0 Å². The van der Waals surface area contributed by atoms with Crippen molar-refractivity contribution >= 4 is 34.5 Å². The molecule has 0 saturated heterocycles. The Balaban J connectivity index is 2.20. The minimum absolute atomic E-state index is 0.202. The largest absolute Gasteiger partial charge is 0.369 e. The fraction of sp³-hybridized carbons (Fsp3) is 0.308. The highest BCUT2D eigenvalue weighted by Gasteiger charge is 2.16. The molecule has 0 saturated carbocycles. The lowest BCUT2D eigenvalue weighted by Crippen LogP contribution is -2.13. The smallest absolute Gasteiger partial charge is 0.237 e. The Bertz CT molecular complexity index is 776. The van der Waals surface area contributed by atoms with E-state index in [9.17, 15) is 4.79 Å². The van der Waals surface area contributed by atoms with E-state index >= 15 is 0 Å². The topological polar surface area (TPSA) is 78.2 Å². The van der Waals surface area contributed by atoms with Gasteiger partial charge >= 0.3 is 0 Å². The summed E-state index contributed by atoms with van der Waals surface area (Å²) in [7, 11) is 0. The van der Waals surface area contributed by atoms with Crippen LogP contribution in [-0.4, -0.2) is 30.8 Å². The molecule has 6 nitrogen and oxygen atoms in total. The lowest BCUT2D eigenvalue weighted by Gasteiger charge is -2.00. The van der Waals surface area contributed by atoms with Crippen LogP contribution in [-0.2, 0) is 11.3 Å². The maximum atomic E-state index is 10.9. The zero-order valence-electron chi connectivity index (χ0n) is 11.1. The van der Waals surface area contributed by atoms with Gasteiger partial charge in [-0.15, -0.1) is 10.2 Å². The Labute approximate surface area is 120 Å². The van der Waals surface area contributed by atoms with Crippen molar-refractivity contribution in [1.82, 2.24) is 19.2 Å².